The smallest absolute Gasteiger partial charge is 0.319 e. The van der Waals surface area contributed by atoms with Gasteiger partial charge in [0.2, 0.25) is 0 Å². The Bertz CT molecular complexity index is 1020. The summed E-state index contributed by atoms with van der Waals surface area (Å²) in [5, 5.41) is 8.59. The van der Waals surface area contributed by atoms with Crippen LogP contribution in [0, 0.1) is 5.82 Å². The highest BCUT2D eigenvalue weighted by molar-refractivity contribution is 5.90. The van der Waals surface area contributed by atoms with Gasteiger partial charge in [-0.2, -0.15) is 0 Å². The van der Waals surface area contributed by atoms with Crippen LogP contribution in [0.25, 0.3) is 5.70 Å². The van der Waals surface area contributed by atoms with Gasteiger partial charge in [-0.05, 0) is 52.0 Å². The number of rotatable bonds is 12. The zero-order chi connectivity index (χ0) is 25.8. The van der Waals surface area contributed by atoms with Crippen LogP contribution in [-0.4, -0.2) is 51.3 Å². The zero-order valence-corrected chi connectivity index (χ0v) is 21.0. The van der Waals surface area contributed by atoms with E-state index in [2.05, 4.69) is 27.5 Å². The number of carbonyl (C=O) groups is 1. The number of halogens is 1. The van der Waals surface area contributed by atoms with Crippen molar-refractivity contribution in [1.82, 2.24) is 5.32 Å². The first-order valence-electron chi connectivity index (χ1n) is 11.3. The molecule has 0 aliphatic rings. The van der Waals surface area contributed by atoms with Crippen molar-refractivity contribution in [2.24, 2.45) is 4.99 Å². The molecule has 0 spiro atoms. The minimum Gasteiger partial charge on any atom is -0.491 e. The van der Waals surface area contributed by atoms with Crippen LogP contribution in [0.15, 0.2) is 48.0 Å². The molecule has 0 aromatic heterocycles. The van der Waals surface area contributed by atoms with E-state index in [1.807, 2.05) is 20.8 Å². The lowest BCUT2D eigenvalue weighted by molar-refractivity contribution is 0.000123. The predicted octanol–water partition coefficient (Wildman–Crippen LogP) is 5.59. The number of methoxy groups -OCH3 is 1. The zero-order valence-electron chi connectivity index (χ0n) is 21.0. The Hall–Kier alpha value is -3.43. The Kier molecular flexibility index (Phi) is 10.7. The minimum absolute atomic E-state index is 0.237. The molecule has 0 unspecified atom stereocenters. The quantitative estimate of drug-likeness (QED) is 0.269. The lowest BCUT2D eigenvalue weighted by Gasteiger charge is -2.19. The van der Waals surface area contributed by atoms with E-state index >= 15 is 0 Å². The van der Waals surface area contributed by atoms with Crippen molar-refractivity contribution in [1.29, 1.82) is 0 Å². The van der Waals surface area contributed by atoms with Gasteiger partial charge in [-0.1, -0.05) is 6.58 Å². The summed E-state index contributed by atoms with van der Waals surface area (Å²) in [5.74, 6) is -0.154. The molecule has 9 heteroatoms. The number of aliphatic imine (C=N–C) groups is 1. The summed E-state index contributed by atoms with van der Waals surface area (Å²) in [4.78, 5) is 16.3. The molecule has 0 heterocycles. The van der Waals surface area contributed by atoms with Crippen molar-refractivity contribution >= 4 is 35.0 Å². The summed E-state index contributed by atoms with van der Waals surface area (Å²) in [6.45, 7) is 13.1. The summed E-state index contributed by atoms with van der Waals surface area (Å²) in [7, 11) is 1.57. The van der Waals surface area contributed by atoms with Crippen LogP contribution in [0.4, 0.5) is 26.2 Å². The molecular weight excluding hydrogens is 451 g/mol. The Morgan fingerprint density at radius 1 is 1.09 bits per heavy atom. The first-order valence-corrected chi connectivity index (χ1v) is 11.3. The van der Waals surface area contributed by atoms with Crippen molar-refractivity contribution in [3.63, 3.8) is 0 Å². The highest BCUT2D eigenvalue weighted by Gasteiger charge is 2.15. The predicted molar refractivity (Wildman–Crippen MR) is 139 cm³/mol. The molecule has 0 atom stereocenters. The van der Waals surface area contributed by atoms with E-state index in [4.69, 9.17) is 14.2 Å². The standard InChI is InChI=1S/C26H35FN4O4/c1-7-28-23-17-21(34-15-14-33-6)16-22(27)24(23)18(2)30-19-8-10-20(11-9-19)31-25(32)29-12-13-35-26(3,4)5/h7-11,16-17,30H,2,12-15H2,1,3-6H3,(H2,29,31,32). The third kappa shape index (κ3) is 9.76. The Morgan fingerprint density at radius 2 is 1.74 bits per heavy atom. The number of ether oxygens (including phenoxy) is 3. The molecule has 8 nitrogen and oxygen atoms in total. The molecule has 2 rings (SSSR count). The first kappa shape index (κ1) is 27.8. The highest BCUT2D eigenvalue weighted by atomic mass is 19.1. The summed E-state index contributed by atoms with van der Waals surface area (Å²) >= 11 is 0. The summed E-state index contributed by atoms with van der Waals surface area (Å²) in [5.41, 5.74) is 1.99. The molecule has 3 N–H and O–H groups in total. The molecule has 0 fully saturated rings. The second-order valence-electron chi connectivity index (χ2n) is 8.55. The van der Waals surface area contributed by atoms with E-state index < -0.39 is 5.82 Å². The molecule has 2 amide bonds. The molecule has 0 saturated carbocycles. The normalized spacial score (nSPS) is 11.4. The highest BCUT2D eigenvalue weighted by Crippen LogP contribution is 2.33. The van der Waals surface area contributed by atoms with Crippen molar-refractivity contribution in [3.05, 3.63) is 54.4 Å². The average molecular weight is 487 g/mol. The van der Waals surface area contributed by atoms with Gasteiger partial charge in [-0.15, -0.1) is 0 Å². The number of hydrogen-bond acceptors (Lipinski definition) is 6. The molecule has 0 radical (unpaired) electrons. The van der Waals surface area contributed by atoms with Crippen LogP contribution in [0.1, 0.15) is 33.3 Å². The number of hydrogen-bond donors (Lipinski definition) is 3. The van der Waals surface area contributed by atoms with Crippen molar-refractivity contribution in [3.8, 4) is 5.75 Å². The van der Waals surface area contributed by atoms with Crippen LogP contribution < -0.4 is 20.7 Å². The number of anilines is 2. The van der Waals surface area contributed by atoms with E-state index in [1.54, 1.807) is 50.6 Å². The van der Waals surface area contributed by atoms with Crippen molar-refractivity contribution in [2.75, 3.05) is 44.1 Å². The topological polar surface area (TPSA) is 93.2 Å². The van der Waals surface area contributed by atoms with E-state index in [9.17, 15) is 9.18 Å². The molecular formula is C26H35FN4O4. The second-order valence-corrected chi connectivity index (χ2v) is 8.55. The lowest BCUT2D eigenvalue weighted by Crippen LogP contribution is -2.33. The number of carbonyl (C=O) groups excluding carboxylic acids is 1. The number of nitrogens with zero attached hydrogens (tertiary/aromatic N) is 1. The third-order valence-electron chi connectivity index (χ3n) is 4.53. The fraction of sp³-hybridized carbons (Fsp3) is 0.385. The summed E-state index contributed by atoms with van der Waals surface area (Å²) in [6.07, 6.45) is 1.57. The first-order chi connectivity index (χ1) is 16.6. The van der Waals surface area contributed by atoms with E-state index in [0.29, 0.717) is 54.9 Å². The largest absolute Gasteiger partial charge is 0.491 e. The fourth-order valence-corrected chi connectivity index (χ4v) is 3.00. The van der Waals surface area contributed by atoms with E-state index in [-0.39, 0.29) is 17.2 Å². The summed E-state index contributed by atoms with van der Waals surface area (Å²) in [6, 6.07) is 9.59. The second kappa shape index (κ2) is 13.5. The average Bonchev–Trinajstić information content (AvgIpc) is 2.77. The maximum atomic E-state index is 14.9. The van der Waals surface area contributed by atoms with Crippen LogP contribution in [0.5, 0.6) is 5.75 Å². The van der Waals surface area contributed by atoms with Gasteiger partial charge in [0, 0.05) is 49.1 Å². The fourth-order valence-electron chi connectivity index (χ4n) is 3.00. The molecule has 0 aliphatic heterocycles. The SMILES string of the molecule is C=C(Nc1ccc(NC(=O)NCCOC(C)(C)C)cc1)c1c(F)cc(OCCOC)cc1N=CC. The number of benzene rings is 2. The number of amides is 2. The number of nitrogens with one attached hydrogen (secondary N) is 3. The lowest BCUT2D eigenvalue weighted by atomic mass is 10.1. The molecule has 0 aliphatic carbocycles. The molecule has 2 aromatic carbocycles. The van der Waals surface area contributed by atoms with E-state index in [1.165, 1.54) is 6.07 Å². The van der Waals surface area contributed by atoms with Gasteiger partial charge < -0.3 is 30.2 Å². The van der Waals surface area contributed by atoms with Gasteiger partial charge in [0.25, 0.3) is 0 Å². The van der Waals surface area contributed by atoms with Crippen molar-refractivity contribution < 1.29 is 23.4 Å². The summed E-state index contributed by atoms with van der Waals surface area (Å²) < 4.78 is 31.0. The Labute approximate surface area is 206 Å². The van der Waals surface area contributed by atoms with Gasteiger partial charge in [-0.25, -0.2) is 9.18 Å². The monoisotopic (exact) mass is 486 g/mol. The van der Waals surface area contributed by atoms with Crippen LogP contribution in [0.2, 0.25) is 0 Å². The third-order valence-corrected chi connectivity index (χ3v) is 4.53. The van der Waals surface area contributed by atoms with Crippen LogP contribution in [0.3, 0.4) is 0 Å². The van der Waals surface area contributed by atoms with Gasteiger partial charge >= 0.3 is 6.03 Å². The van der Waals surface area contributed by atoms with Crippen molar-refractivity contribution in [2.45, 2.75) is 33.3 Å². The van der Waals surface area contributed by atoms with E-state index in [0.717, 1.165) is 0 Å². The minimum atomic E-state index is -0.511. The molecule has 0 bridgehead atoms. The molecule has 190 valence electrons. The van der Waals surface area contributed by atoms with Gasteiger partial charge in [0.1, 0.15) is 18.2 Å². The van der Waals surface area contributed by atoms with Gasteiger partial charge in [-0.3, -0.25) is 4.99 Å². The molecule has 2 aromatic rings. The maximum absolute atomic E-state index is 14.9. The van der Waals surface area contributed by atoms with Gasteiger partial charge in [0.05, 0.1) is 30.1 Å². The Balaban J connectivity index is 1.99. The van der Waals surface area contributed by atoms with Crippen LogP contribution in [-0.2, 0) is 9.47 Å². The maximum Gasteiger partial charge on any atom is 0.319 e. The Morgan fingerprint density at radius 3 is 2.34 bits per heavy atom. The number of urea groups is 1. The molecule has 0 saturated heterocycles. The van der Waals surface area contributed by atoms with Gasteiger partial charge in [0.15, 0.2) is 0 Å². The molecule has 35 heavy (non-hydrogen) atoms. The van der Waals surface area contributed by atoms with Crippen LogP contribution >= 0.6 is 0 Å².